The molecule has 3 heterocycles. The molecule has 0 bridgehead atoms. The Labute approximate surface area is 124 Å². The summed E-state index contributed by atoms with van der Waals surface area (Å²) in [5.41, 5.74) is 1.01. The van der Waals surface area contributed by atoms with Crippen LogP contribution in [0.3, 0.4) is 0 Å². The van der Waals surface area contributed by atoms with Crippen LogP contribution in [-0.4, -0.2) is 53.1 Å². The maximum Gasteiger partial charge on any atom is 0.144 e. The molecule has 2 aromatic heterocycles. The summed E-state index contributed by atoms with van der Waals surface area (Å²) in [6.07, 6.45) is 5.47. The molecular weight excluding hydrogens is 264 g/mol. The molecule has 0 unspecified atom stereocenters. The van der Waals surface area contributed by atoms with Crippen molar-refractivity contribution < 1.29 is 0 Å². The van der Waals surface area contributed by atoms with Gasteiger partial charge in [0.15, 0.2) is 0 Å². The van der Waals surface area contributed by atoms with E-state index in [0.29, 0.717) is 0 Å². The molecule has 21 heavy (non-hydrogen) atoms. The Hall–Kier alpha value is -2.21. The van der Waals surface area contributed by atoms with Crippen molar-refractivity contribution in [2.45, 2.75) is 6.54 Å². The van der Waals surface area contributed by atoms with Crippen molar-refractivity contribution in [3.8, 4) is 0 Å². The third kappa shape index (κ3) is 3.46. The van der Waals surface area contributed by atoms with Crippen molar-refractivity contribution in [1.29, 1.82) is 0 Å². The van der Waals surface area contributed by atoms with E-state index in [1.54, 1.807) is 6.20 Å². The topological polar surface area (TPSA) is 57.2 Å². The Kier molecular flexibility index (Phi) is 4.25. The lowest BCUT2D eigenvalue weighted by atomic mass is 10.3. The van der Waals surface area contributed by atoms with Crippen molar-refractivity contribution >= 4 is 11.6 Å². The molecule has 0 amide bonds. The van der Waals surface area contributed by atoms with Gasteiger partial charge in [0, 0.05) is 46.0 Å². The van der Waals surface area contributed by atoms with E-state index in [4.69, 9.17) is 0 Å². The number of hydrogen-bond acceptors (Lipinski definition) is 6. The average molecular weight is 284 g/mol. The summed E-state index contributed by atoms with van der Waals surface area (Å²) in [5.74, 6) is 1.87. The summed E-state index contributed by atoms with van der Waals surface area (Å²) in [4.78, 5) is 17.9. The molecule has 0 saturated carbocycles. The van der Waals surface area contributed by atoms with Gasteiger partial charge in [-0.15, -0.1) is 0 Å². The second-order valence-electron chi connectivity index (χ2n) is 5.09. The first-order valence-corrected chi connectivity index (χ1v) is 7.22. The van der Waals surface area contributed by atoms with Gasteiger partial charge in [-0.3, -0.25) is 9.88 Å². The maximum absolute atomic E-state index is 4.43. The van der Waals surface area contributed by atoms with Crippen LogP contribution in [0.1, 0.15) is 5.69 Å². The third-order valence-electron chi connectivity index (χ3n) is 3.69. The summed E-state index contributed by atoms with van der Waals surface area (Å²) >= 11 is 0. The number of hydrogen-bond donors (Lipinski definition) is 1. The highest BCUT2D eigenvalue weighted by Crippen LogP contribution is 2.13. The minimum Gasteiger partial charge on any atom is -0.372 e. The van der Waals surface area contributed by atoms with Crippen LogP contribution in [-0.2, 0) is 6.54 Å². The standard InChI is InChI=1S/C15H20N6/c1-16-14-11-18-13(10-19-14)12-20-6-8-21(9-7-20)15-4-2-3-5-17-15/h2-5,10-11H,6-9,12H2,1H3,(H,16,19). The van der Waals surface area contributed by atoms with E-state index in [9.17, 15) is 0 Å². The molecule has 0 aromatic carbocycles. The van der Waals surface area contributed by atoms with Crippen molar-refractivity contribution in [2.75, 3.05) is 43.4 Å². The number of piperazine rings is 1. The molecule has 0 radical (unpaired) electrons. The molecular formula is C15H20N6. The number of nitrogens with one attached hydrogen (secondary N) is 1. The first-order chi connectivity index (χ1) is 10.3. The van der Waals surface area contributed by atoms with Gasteiger partial charge in [-0.2, -0.15) is 0 Å². The SMILES string of the molecule is CNc1cnc(CN2CCN(c3ccccn3)CC2)cn1. The molecule has 1 aliphatic rings. The summed E-state index contributed by atoms with van der Waals surface area (Å²) in [5, 5.41) is 2.98. The zero-order valence-electron chi connectivity index (χ0n) is 12.2. The quantitative estimate of drug-likeness (QED) is 0.911. The molecule has 1 aliphatic heterocycles. The zero-order chi connectivity index (χ0) is 14.5. The van der Waals surface area contributed by atoms with E-state index in [1.165, 1.54) is 0 Å². The fourth-order valence-corrected chi connectivity index (χ4v) is 2.47. The van der Waals surface area contributed by atoms with Crippen LogP contribution >= 0.6 is 0 Å². The van der Waals surface area contributed by atoms with Gasteiger partial charge in [0.05, 0.1) is 18.1 Å². The van der Waals surface area contributed by atoms with Crippen LogP contribution in [0.2, 0.25) is 0 Å². The second kappa shape index (κ2) is 6.49. The van der Waals surface area contributed by atoms with Crippen LogP contribution in [0.5, 0.6) is 0 Å². The Morgan fingerprint density at radius 3 is 2.52 bits per heavy atom. The van der Waals surface area contributed by atoms with Gasteiger partial charge in [-0.25, -0.2) is 9.97 Å². The monoisotopic (exact) mass is 284 g/mol. The van der Waals surface area contributed by atoms with Crippen LogP contribution in [0.15, 0.2) is 36.8 Å². The molecule has 3 rings (SSSR count). The van der Waals surface area contributed by atoms with Gasteiger partial charge in [-0.1, -0.05) is 6.07 Å². The molecule has 1 N–H and O–H groups in total. The molecule has 1 fully saturated rings. The third-order valence-corrected chi connectivity index (χ3v) is 3.69. The smallest absolute Gasteiger partial charge is 0.144 e. The lowest BCUT2D eigenvalue weighted by Gasteiger charge is -2.35. The van der Waals surface area contributed by atoms with Crippen LogP contribution < -0.4 is 10.2 Å². The Balaban J connectivity index is 1.53. The average Bonchev–Trinajstić information content (AvgIpc) is 2.57. The van der Waals surface area contributed by atoms with Gasteiger partial charge in [0.2, 0.25) is 0 Å². The van der Waals surface area contributed by atoms with E-state index < -0.39 is 0 Å². The fraction of sp³-hybridized carbons (Fsp3) is 0.400. The number of nitrogens with zero attached hydrogens (tertiary/aromatic N) is 5. The van der Waals surface area contributed by atoms with Crippen LogP contribution in [0.4, 0.5) is 11.6 Å². The van der Waals surface area contributed by atoms with Crippen molar-refractivity contribution in [3.05, 3.63) is 42.5 Å². The molecule has 0 atom stereocenters. The zero-order valence-corrected chi connectivity index (χ0v) is 12.2. The lowest BCUT2D eigenvalue weighted by molar-refractivity contribution is 0.246. The molecule has 6 nitrogen and oxygen atoms in total. The first-order valence-electron chi connectivity index (χ1n) is 7.22. The predicted molar refractivity (Wildman–Crippen MR) is 83.3 cm³/mol. The fourth-order valence-electron chi connectivity index (χ4n) is 2.47. The minimum absolute atomic E-state index is 0.804. The largest absolute Gasteiger partial charge is 0.372 e. The highest BCUT2D eigenvalue weighted by molar-refractivity contribution is 5.38. The number of pyridine rings is 1. The molecule has 6 heteroatoms. The molecule has 1 saturated heterocycles. The van der Waals surface area contributed by atoms with E-state index in [2.05, 4.69) is 36.1 Å². The molecule has 110 valence electrons. The molecule has 0 spiro atoms. The Morgan fingerprint density at radius 1 is 1.05 bits per heavy atom. The first kappa shape index (κ1) is 13.8. The number of anilines is 2. The Morgan fingerprint density at radius 2 is 1.90 bits per heavy atom. The Bertz CT molecular complexity index is 548. The summed E-state index contributed by atoms with van der Waals surface area (Å²) in [6, 6.07) is 6.05. The van der Waals surface area contributed by atoms with E-state index in [1.807, 2.05) is 31.6 Å². The van der Waals surface area contributed by atoms with Gasteiger partial charge >= 0.3 is 0 Å². The number of aromatic nitrogens is 3. The van der Waals surface area contributed by atoms with Crippen molar-refractivity contribution in [2.24, 2.45) is 0 Å². The lowest BCUT2D eigenvalue weighted by Crippen LogP contribution is -2.46. The van der Waals surface area contributed by atoms with E-state index >= 15 is 0 Å². The highest BCUT2D eigenvalue weighted by Gasteiger charge is 2.18. The predicted octanol–water partition coefficient (Wildman–Crippen LogP) is 1.24. The van der Waals surface area contributed by atoms with Gasteiger partial charge in [0.25, 0.3) is 0 Å². The summed E-state index contributed by atoms with van der Waals surface area (Å²) < 4.78 is 0. The van der Waals surface area contributed by atoms with Gasteiger partial charge in [-0.05, 0) is 12.1 Å². The summed E-state index contributed by atoms with van der Waals surface area (Å²) in [7, 11) is 1.85. The molecule has 0 aliphatic carbocycles. The minimum atomic E-state index is 0.804. The van der Waals surface area contributed by atoms with E-state index in [-0.39, 0.29) is 0 Å². The second-order valence-corrected chi connectivity index (χ2v) is 5.09. The van der Waals surface area contributed by atoms with Crippen LogP contribution in [0, 0.1) is 0 Å². The number of rotatable bonds is 4. The van der Waals surface area contributed by atoms with Gasteiger partial charge in [0.1, 0.15) is 11.6 Å². The normalized spacial score (nSPS) is 16.0. The van der Waals surface area contributed by atoms with Crippen LogP contribution in [0.25, 0.3) is 0 Å². The highest BCUT2D eigenvalue weighted by atomic mass is 15.3. The summed E-state index contributed by atoms with van der Waals surface area (Å²) in [6.45, 7) is 4.89. The van der Waals surface area contributed by atoms with Crippen molar-refractivity contribution in [3.63, 3.8) is 0 Å². The maximum atomic E-state index is 4.43. The van der Waals surface area contributed by atoms with Gasteiger partial charge < -0.3 is 10.2 Å². The van der Waals surface area contributed by atoms with E-state index in [0.717, 1.165) is 50.1 Å². The van der Waals surface area contributed by atoms with Crippen molar-refractivity contribution in [1.82, 2.24) is 19.9 Å². The molecule has 2 aromatic rings.